The first-order valence-corrected chi connectivity index (χ1v) is 8.64. The molecule has 5 nitrogen and oxygen atoms in total. The lowest BCUT2D eigenvalue weighted by atomic mass is 9.99. The zero-order valence-corrected chi connectivity index (χ0v) is 15.7. The fraction of sp³-hybridized carbons (Fsp3) is 0.227. The van der Waals surface area contributed by atoms with E-state index in [1.807, 2.05) is 56.3 Å². The molecule has 27 heavy (non-hydrogen) atoms. The number of methoxy groups -OCH3 is 2. The summed E-state index contributed by atoms with van der Waals surface area (Å²) in [5, 5.41) is 0.334. The summed E-state index contributed by atoms with van der Waals surface area (Å²) in [4.78, 5) is 13.2. The predicted octanol–water partition coefficient (Wildman–Crippen LogP) is 4.66. The van der Waals surface area contributed by atoms with E-state index in [9.17, 15) is 4.79 Å². The molecule has 0 amide bonds. The molecule has 0 spiro atoms. The second-order valence-electron chi connectivity index (χ2n) is 6.89. The first-order valence-electron chi connectivity index (χ1n) is 8.64. The molecular formula is C22H20O5. The standard InChI is InChI=1S/C22H20O5/c1-22(2)11-10-14-15(27-22)12-16(24-3)17-18(23)21(25-4)19(26-20(14)17)13-8-6-5-7-9-13/h5-12H,1-4H3. The van der Waals surface area contributed by atoms with E-state index >= 15 is 0 Å². The molecule has 3 aromatic rings. The number of hydrogen-bond acceptors (Lipinski definition) is 5. The van der Waals surface area contributed by atoms with E-state index in [2.05, 4.69) is 0 Å². The van der Waals surface area contributed by atoms with Gasteiger partial charge in [-0.25, -0.2) is 0 Å². The van der Waals surface area contributed by atoms with Gasteiger partial charge in [0.15, 0.2) is 11.3 Å². The molecule has 138 valence electrons. The Labute approximate surface area is 156 Å². The van der Waals surface area contributed by atoms with E-state index in [4.69, 9.17) is 18.6 Å². The SMILES string of the molecule is COc1c(-c2ccccc2)oc2c3c(cc(OC)c2c1=O)OC(C)(C)C=C3. The summed E-state index contributed by atoms with van der Waals surface area (Å²) in [7, 11) is 2.98. The van der Waals surface area contributed by atoms with Crippen LogP contribution in [0.1, 0.15) is 19.4 Å². The van der Waals surface area contributed by atoms with Gasteiger partial charge in [-0.2, -0.15) is 0 Å². The lowest BCUT2D eigenvalue weighted by molar-refractivity contribution is 0.158. The average Bonchev–Trinajstić information content (AvgIpc) is 2.66. The topological polar surface area (TPSA) is 57.9 Å². The highest BCUT2D eigenvalue weighted by Gasteiger charge is 2.28. The summed E-state index contributed by atoms with van der Waals surface area (Å²) < 4.78 is 23.1. The normalized spacial score (nSPS) is 14.5. The first kappa shape index (κ1) is 17.2. The smallest absolute Gasteiger partial charge is 0.239 e. The van der Waals surface area contributed by atoms with Crippen LogP contribution in [0.4, 0.5) is 0 Å². The van der Waals surface area contributed by atoms with Crippen LogP contribution in [0.3, 0.4) is 0 Å². The highest BCUT2D eigenvalue weighted by atomic mass is 16.5. The van der Waals surface area contributed by atoms with Gasteiger partial charge >= 0.3 is 0 Å². The first-order chi connectivity index (χ1) is 12.9. The van der Waals surface area contributed by atoms with E-state index in [1.165, 1.54) is 14.2 Å². The van der Waals surface area contributed by atoms with E-state index in [0.29, 0.717) is 33.8 Å². The molecule has 0 unspecified atom stereocenters. The minimum Gasteiger partial charge on any atom is -0.496 e. The maximum atomic E-state index is 13.2. The Morgan fingerprint density at radius 2 is 1.78 bits per heavy atom. The predicted molar refractivity (Wildman–Crippen MR) is 105 cm³/mol. The van der Waals surface area contributed by atoms with Crippen molar-refractivity contribution in [3.05, 3.63) is 58.3 Å². The largest absolute Gasteiger partial charge is 0.496 e. The Kier molecular flexibility index (Phi) is 3.95. The molecule has 0 fully saturated rings. The van der Waals surface area contributed by atoms with Crippen molar-refractivity contribution >= 4 is 17.0 Å². The fourth-order valence-electron chi connectivity index (χ4n) is 3.28. The van der Waals surface area contributed by atoms with Crippen LogP contribution in [0.25, 0.3) is 28.4 Å². The Balaban J connectivity index is 2.13. The third-order valence-electron chi connectivity index (χ3n) is 4.57. The molecule has 0 saturated heterocycles. The second-order valence-corrected chi connectivity index (χ2v) is 6.89. The summed E-state index contributed by atoms with van der Waals surface area (Å²) in [5.41, 5.74) is 1.14. The molecule has 0 aliphatic carbocycles. The number of rotatable bonds is 3. The molecule has 0 radical (unpaired) electrons. The third kappa shape index (κ3) is 2.76. The number of benzene rings is 2. The van der Waals surface area contributed by atoms with E-state index in [1.54, 1.807) is 6.07 Å². The zero-order valence-electron chi connectivity index (χ0n) is 15.7. The quantitative estimate of drug-likeness (QED) is 0.676. The minimum absolute atomic E-state index is 0.146. The second kappa shape index (κ2) is 6.20. The van der Waals surface area contributed by atoms with Gasteiger partial charge in [-0.15, -0.1) is 0 Å². The highest BCUT2D eigenvalue weighted by molar-refractivity contribution is 5.95. The molecule has 2 heterocycles. The van der Waals surface area contributed by atoms with Crippen molar-refractivity contribution in [1.29, 1.82) is 0 Å². The summed E-state index contributed by atoms with van der Waals surface area (Å²) in [6.07, 6.45) is 3.86. The van der Waals surface area contributed by atoms with Crippen LogP contribution in [0.5, 0.6) is 17.2 Å². The molecule has 4 rings (SSSR count). The summed E-state index contributed by atoms with van der Waals surface area (Å²) in [5.74, 6) is 1.53. The monoisotopic (exact) mass is 364 g/mol. The van der Waals surface area contributed by atoms with Crippen LogP contribution < -0.4 is 19.6 Å². The summed E-state index contributed by atoms with van der Waals surface area (Å²) in [6, 6.07) is 11.1. The van der Waals surface area contributed by atoms with E-state index in [0.717, 1.165) is 5.56 Å². The van der Waals surface area contributed by atoms with Gasteiger partial charge in [0.2, 0.25) is 11.2 Å². The van der Waals surface area contributed by atoms with Crippen molar-refractivity contribution in [2.45, 2.75) is 19.4 Å². The Bertz CT molecular complexity index is 1110. The third-order valence-corrected chi connectivity index (χ3v) is 4.57. The van der Waals surface area contributed by atoms with Gasteiger partial charge in [-0.1, -0.05) is 30.3 Å². The van der Waals surface area contributed by atoms with E-state index in [-0.39, 0.29) is 11.2 Å². The maximum absolute atomic E-state index is 13.2. The molecule has 5 heteroatoms. The number of hydrogen-bond donors (Lipinski definition) is 0. The van der Waals surface area contributed by atoms with Crippen LogP contribution in [-0.4, -0.2) is 19.8 Å². The molecule has 0 N–H and O–H groups in total. The van der Waals surface area contributed by atoms with Crippen LogP contribution in [0, 0.1) is 0 Å². The Hall–Kier alpha value is -3.21. The van der Waals surface area contributed by atoms with Gasteiger partial charge in [0.25, 0.3) is 0 Å². The maximum Gasteiger partial charge on any atom is 0.239 e. The molecule has 0 saturated carbocycles. The average molecular weight is 364 g/mol. The van der Waals surface area contributed by atoms with Crippen LogP contribution in [0.2, 0.25) is 0 Å². The number of ether oxygens (including phenoxy) is 3. The molecule has 1 aromatic heterocycles. The van der Waals surface area contributed by atoms with Crippen LogP contribution >= 0.6 is 0 Å². The van der Waals surface area contributed by atoms with Crippen molar-refractivity contribution < 1.29 is 18.6 Å². The van der Waals surface area contributed by atoms with Gasteiger partial charge in [0, 0.05) is 11.6 Å². The minimum atomic E-state index is -0.458. The van der Waals surface area contributed by atoms with Crippen molar-refractivity contribution in [1.82, 2.24) is 0 Å². The Morgan fingerprint density at radius 1 is 1.04 bits per heavy atom. The lowest BCUT2D eigenvalue weighted by Crippen LogP contribution is -2.27. The number of fused-ring (bicyclic) bond motifs is 3. The van der Waals surface area contributed by atoms with Crippen molar-refractivity contribution in [3.63, 3.8) is 0 Å². The zero-order chi connectivity index (χ0) is 19.2. The molecular weight excluding hydrogens is 344 g/mol. The molecule has 0 bridgehead atoms. The molecule has 1 aliphatic heterocycles. The van der Waals surface area contributed by atoms with Gasteiger partial charge < -0.3 is 18.6 Å². The lowest BCUT2D eigenvalue weighted by Gasteiger charge is -2.28. The summed E-state index contributed by atoms with van der Waals surface area (Å²) >= 11 is 0. The van der Waals surface area contributed by atoms with Crippen molar-refractivity contribution in [3.8, 4) is 28.6 Å². The molecule has 1 aliphatic rings. The molecule has 0 atom stereocenters. The van der Waals surface area contributed by atoms with Gasteiger partial charge in [-0.3, -0.25) is 4.79 Å². The van der Waals surface area contributed by atoms with Crippen molar-refractivity contribution in [2.24, 2.45) is 0 Å². The van der Waals surface area contributed by atoms with Gasteiger partial charge in [0.05, 0.1) is 19.8 Å². The summed E-state index contributed by atoms with van der Waals surface area (Å²) in [6.45, 7) is 3.92. The Morgan fingerprint density at radius 3 is 2.44 bits per heavy atom. The molecule has 2 aromatic carbocycles. The van der Waals surface area contributed by atoms with E-state index < -0.39 is 5.60 Å². The van der Waals surface area contributed by atoms with Gasteiger partial charge in [0.1, 0.15) is 22.5 Å². The van der Waals surface area contributed by atoms with Crippen molar-refractivity contribution in [2.75, 3.05) is 14.2 Å². The fourth-order valence-corrected chi connectivity index (χ4v) is 3.28. The van der Waals surface area contributed by atoms with Gasteiger partial charge in [-0.05, 0) is 26.0 Å². The van der Waals surface area contributed by atoms with Crippen LogP contribution in [0.15, 0.2) is 51.7 Å². The van der Waals surface area contributed by atoms with Crippen LogP contribution in [-0.2, 0) is 0 Å². The highest BCUT2D eigenvalue weighted by Crippen LogP contribution is 2.42.